The molecule has 0 fully saturated rings. The Morgan fingerprint density at radius 2 is 1.94 bits per heavy atom. The molecule has 0 aliphatic rings. The molecule has 0 spiro atoms. The molecular formula is C11H7FN2O2. The Morgan fingerprint density at radius 3 is 2.56 bits per heavy atom. The highest BCUT2D eigenvalue weighted by Crippen LogP contribution is 2.20. The summed E-state index contributed by atoms with van der Waals surface area (Å²) in [6.07, 6.45) is 2.94. The van der Waals surface area contributed by atoms with E-state index in [1.165, 1.54) is 18.5 Å². The molecule has 0 saturated heterocycles. The van der Waals surface area contributed by atoms with Crippen LogP contribution in [0.1, 0.15) is 10.4 Å². The number of halogens is 1. The monoisotopic (exact) mass is 218 g/mol. The molecular weight excluding hydrogens is 211 g/mol. The normalized spacial score (nSPS) is 10.1. The summed E-state index contributed by atoms with van der Waals surface area (Å²) in [7, 11) is 0. The maximum absolute atomic E-state index is 13.0. The number of hydrogen-bond donors (Lipinski definition) is 1. The van der Waals surface area contributed by atoms with Gasteiger partial charge in [-0.3, -0.25) is 0 Å². The van der Waals surface area contributed by atoms with Gasteiger partial charge in [0.15, 0.2) is 5.82 Å². The lowest BCUT2D eigenvalue weighted by Gasteiger charge is -2.03. The van der Waals surface area contributed by atoms with Gasteiger partial charge in [0.05, 0.1) is 5.56 Å². The molecule has 2 rings (SSSR count). The molecule has 0 bridgehead atoms. The van der Waals surface area contributed by atoms with E-state index in [0.717, 1.165) is 12.1 Å². The number of carboxylic acids is 1. The lowest BCUT2D eigenvalue weighted by molar-refractivity contribution is 0.0697. The summed E-state index contributed by atoms with van der Waals surface area (Å²) in [6.45, 7) is 0. The van der Waals surface area contributed by atoms with E-state index in [-0.39, 0.29) is 17.0 Å². The van der Waals surface area contributed by atoms with Crippen LogP contribution in [0.15, 0.2) is 36.7 Å². The number of aromatic nitrogens is 2. The van der Waals surface area contributed by atoms with Crippen LogP contribution in [-0.4, -0.2) is 21.0 Å². The van der Waals surface area contributed by atoms with Gasteiger partial charge in [0, 0.05) is 18.0 Å². The van der Waals surface area contributed by atoms with Gasteiger partial charge < -0.3 is 5.11 Å². The molecule has 0 radical (unpaired) electrons. The minimum absolute atomic E-state index is 0.0207. The Bertz CT molecular complexity index is 529. The smallest absolute Gasteiger partial charge is 0.336 e. The van der Waals surface area contributed by atoms with Gasteiger partial charge in [-0.1, -0.05) is 0 Å². The first-order valence-corrected chi connectivity index (χ1v) is 4.49. The van der Waals surface area contributed by atoms with E-state index in [1.807, 2.05) is 0 Å². The molecule has 1 N–H and O–H groups in total. The molecule has 2 aromatic rings. The molecule has 5 heteroatoms. The predicted octanol–water partition coefficient (Wildman–Crippen LogP) is 1.98. The Morgan fingerprint density at radius 1 is 1.25 bits per heavy atom. The van der Waals surface area contributed by atoms with Crippen molar-refractivity contribution >= 4 is 5.97 Å². The fourth-order valence-electron chi connectivity index (χ4n) is 1.33. The molecule has 0 aliphatic heterocycles. The fraction of sp³-hybridized carbons (Fsp3) is 0. The van der Waals surface area contributed by atoms with Gasteiger partial charge in [-0.05, 0) is 24.3 Å². The van der Waals surface area contributed by atoms with Gasteiger partial charge in [0.2, 0.25) is 0 Å². The standard InChI is InChI=1S/C11H7FN2O2/c12-7-2-3-8(11(15)16)9(6-7)10-13-4-1-5-14-10/h1-6H,(H,15,16). The van der Waals surface area contributed by atoms with E-state index in [2.05, 4.69) is 9.97 Å². The Labute approximate surface area is 90.4 Å². The summed E-state index contributed by atoms with van der Waals surface area (Å²) in [6, 6.07) is 5.00. The van der Waals surface area contributed by atoms with Crippen molar-refractivity contribution in [1.29, 1.82) is 0 Å². The molecule has 0 aliphatic carbocycles. The highest BCUT2D eigenvalue weighted by Gasteiger charge is 2.14. The molecule has 1 aromatic carbocycles. The molecule has 1 heterocycles. The Hall–Kier alpha value is -2.30. The van der Waals surface area contributed by atoms with Gasteiger partial charge in [0.1, 0.15) is 5.82 Å². The van der Waals surface area contributed by atoms with Crippen LogP contribution >= 0.6 is 0 Å². The molecule has 1 aromatic heterocycles. The predicted molar refractivity (Wildman–Crippen MR) is 54.4 cm³/mol. The highest BCUT2D eigenvalue weighted by atomic mass is 19.1. The van der Waals surface area contributed by atoms with E-state index < -0.39 is 11.8 Å². The van der Waals surface area contributed by atoms with E-state index in [0.29, 0.717) is 0 Å². The van der Waals surface area contributed by atoms with Crippen LogP contribution in [0.25, 0.3) is 11.4 Å². The van der Waals surface area contributed by atoms with E-state index in [1.54, 1.807) is 6.07 Å². The summed E-state index contributed by atoms with van der Waals surface area (Å²) in [5.74, 6) is -1.46. The van der Waals surface area contributed by atoms with Gasteiger partial charge in [-0.15, -0.1) is 0 Å². The van der Waals surface area contributed by atoms with Crippen LogP contribution in [0.5, 0.6) is 0 Å². The second-order valence-electron chi connectivity index (χ2n) is 3.07. The van der Waals surface area contributed by atoms with Crippen LogP contribution in [0.3, 0.4) is 0 Å². The van der Waals surface area contributed by atoms with Crippen molar-refractivity contribution in [3.8, 4) is 11.4 Å². The van der Waals surface area contributed by atoms with Gasteiger partial charge in [-0.2, -0.15) is 0 Å². The Kier molecular flexibility index (Phi) is 2.59. The second kappa shape index (κ2) is 4.06. The van der Waals surface area contributed by atoms with Gasteiger partial charge in [-0.25, -0.2) is 19.2 Å². The Balaban J connectivity index is 2.63. The third-order valence-corrected chi connectivity index (χ3v) is 2.02. The molecule has 0 unspecified atom stereocenters. The summed E-state index contributed by atoms with van der Waals surface area (Å²) >= 11 is 0. The average Bonchev–Trinajstić information content (AvgIpc) is 2.29. The zero-order valence-corrected chi connectivity index (χ0v) is 8.09. The summed E-state index contributed by atoms with van der Waals surface area (Å²) in [4.78, 5) is 18.7. The quantitative estimate of drug-likeness (QED) is 0.837. The number of benzene rings is 1. The van der Waals surface area contributed by atoms with Crippen molar-refractivity contribution < 1.29 is 14.3 Å². The fourth-order valence-corrected chi connectivity index (χ4v) is 1.33. The first kappa shape index (κ1) is 10.2. The number of hydrogen-bond acceptors (Lipinski definition) is 3. The molecule has 0 atom stereocenters. The number of carboxylic acid groups (broad SMARTS) is 1. The molecule has 0 saturated carbocycles. The maximum Gasteiger partial charge on any atom is 0.336 e. The van der Waals surface area contributed by atoms with E-state index in [9.17, 15) is 9.18 Å². The van der Waals surface area contributed by atoms with Gasteiger partial charge >= 0.3 is 5.97 Å². The van der Waals surface area contributed by atoms with Crippen LogP contribution in [0, 0.1) is 5.82 Å². The minimum Gasteiger partial charge on any atom is -0.478 e. The van der Waals surface area contributed by atoms with Crippen LogP contribution < -0.4 is 0 Å². The van der Waals surface area contributed by atoms with Gasteiger partial charge in [0.25, 0.3) is 0 Å². The first-order valence-electron chi connectivity index (χ1n) is 4.49. The molecule has 4 nitrogen and oxygen atoms in total. The summed E-state index contributed by atoms with van der Waals surface area (Å²) < 4.78 is 13.0. The maximum atomic E-state index is 13.0. The zero-order chi connectivity index (χ0) is 11.5. The molecule has 80 valence electrons. The lowest BCUT2D eigenvalue weighted by atomic mass is 10.1. The van der Waals surface area contributed by atoms with Crippen LogP contribution in [0.4, 0.5) is 4.39 Å². The van der Waals surface area contributed by atoms with Crippen LogP contribution in [-0.2, 0) is 0 Å². The third-order valence-electron chi connectivity index (χ3n) is 2.02. The number of carbonyl (C=O) groups is 1. The zero-order valence-electron chi connectivity index (χ0n) is 8.09. The highest BCUT2D eigenvalue weighted by molar-refractivity contribution is 5.94. The van der Waals surface area contributed by atoms with Crippen molar-refractivity contribution in [1.82, 2.24) is 9.97 Å². The van der Waals surface area contributed by atoms with Crippen molar-refractivity contribution in [2.75, 3.05) is 0 Å². The number of nitrogens with zero attached hydrogens (tertiary/aromatic N) is 2. The lowest BCUT2D eigenvalue weighted by Crippen LogP contribution is -2.01. The molecule has 16 heavy (non-hydrogen) atoms. The van der Waals surface area contributed by atoms with Crippen molar-refractivity contribution in [3.05, 3.63) is 48.0 Å². The summed E-state index contributed by atoms with van der Waals surface area (Å²) in [5, 5.41) is 8.94. The third kappa shape index (κ3) is 1.88. The minimum atomic E-state index is -1.14. The average molecular weight is 218 g/mol. The second-order valence-corrected chi connectivity index (χ2v) is 3.07. The largest absolute Gasteiger partial charge is 0.478 e. The summed E-state index contributed by atoms with van der Waals surface area (Å²) in [5.41, 5.74) is 0.153. The van der Waals surface area contributed by atoms with E-state index >= 15 is 0 Å². The number of rotatable bonds is 2. The first-order chi connectivity index (χ1) is 7.68. The van der Waals surface area contributed by atoms with E-state index in [4.69, 9.17) is 5.11 Å². The van der Waals surface area contributed by atoms with Crippen LogP contribution in [0.2, 0.25) is 0 Å². The SMILES string of the molecule is O=C(O)c1ccc(F)cc1-c1ncccn1. The number of aromatic carboxylic acids is 1. The van der Waals surface area contributed by atoms with Crippen molar-refractivity contribution in [2.24, 2.45) is 0 Å². The van der Waals surface area contributed by atoms with Crippen molar-refractivity contribution in [3.63, 3.8) is 0 Å². The van der Waals surface area contributed by atoms with Crippen molar-refractivity contribution in [2.45, 2.75) is 0 Å². The molecule has 0 amide bonds. The topological polar surface area (TPSA) is 63.1 Å².